The van der Waals surface area contributed by atoms with Gasteiger partial charge in [-0.15, -0.1) is 0 Å². The summed E-state index contributed by atoms with van der Waals surface area (Å²) in [5.74, 6) is 3.68. The second-order valence-corrected chi connectivity index (χ2v) is 10.0. The summed E-state index contributed by atoms with van der Waals surface area (Å²) in [6.45, 7) is 8.63. The smallest absolute Gasteiger partial charge is 0.228 e. The third-order valence-electron chi connectivity index (χ3n) is 6.21. The molecule has 174 valence electrons. The summed E-state index contributed by atoms with van der Waals surface area (Å²) in [6.07, 6.45) is 1.62. The van der Waals surface area contributed by atoms with Crippen molar-refractivity contribution in [3.05, 3.63) is 42.2 Å². The maximum atomic E-state index is 12.0. The Labute approximate surface area is 197 Å². The summed E-state index contributed by atoms with van der Waals surface area (Å²) in [5, 5.41) is 3.40. The van der Waals surface area contributed by atoms with Crippen LogP contribution in [0.3, 0.4) is 0 Å². The van der Waals surface area contributed by atoms with Gasteiger partial charge in [-0.05, 0) is 12.5 Å². The first kappa shape index (κ1) is 22.1. The Morgan fingerprint density at radius 2 is 1.73 bits per heavy atom. The van der Waals surface area contributed by atoms with Crippen LogP contribution in [0, 0.1) is 0 Å². The summed E-state index contributed by atoms with van der Waals surface area (Å²) in [5.41, 5.74) is 2.76. The van der Waals surface area contributed by atoms with Crippen molar-refractivity contribution in [2.45, 2.75) is 13.5 Å². The van der Waals surface area contributed by atoms with Gasteiger partial charge in [-0.2, -0.15) is 4.98 Å². The number of piperazine rings is 1. The lowest BCUT2D eigenvalue weighted by molar-refractivity contribution is 0.578. The molecule has 2 aliphatic heterocycles. The molecule has 0 aliphatic carbocycles. The van der Waals surface area contributed by atoms with E-state index in [1.165, 1.54) is 5.56 Å². The van der Waals surface area contributed by atoms with Gasteiger partial charge in [-0.25, -0.2) is 15.0 Å². The number of nitrogens with zero attached hydrogens (tertiary/aromatic N) is 7. The van der Waals surface area contributed by atoms with Crippen molar-refractivity contribution in [3.63, 3.8) is 0 Å². The van der Waals surface area contributed by atoms with E-state index in [-0.39, 0.29) is 0 Å². The van der Waals surface area contributed by atoms with Gasteiger partial charge in [0.05, 0.1) is 13.1 Å². The maximum absolute atomic E-state index is 12.0. The number of anilines is 3. The molecule has 0 saturated carbocycles. The van der Waals surface area contributed by atoms with E-state index >= 15 is 0 Å². The van der Waals surface area contributed by atoms with E-state index in [2.05, 4.69) is 61.2 Å². The van der Waals surface area contributed by atoms with Crippen LogP contribution >= 0.6 is 0 Å². The molecule has 33 heavy (non-hydrogen) atoms. The lowest BCUT2D eigenvalue weighted by atomic mass is 10.2. The zero-order chi connectivity index (χ0) is 22.6. The second-order valence-electron chi connectivity index (χ2n) is 8.31. The average molecular weight is 467 g/mol. The molecule has 1 aromatic carbocycles. The van der Waals surface area contributed by atoms with Gasteiger partial charge in [-0.3, -0.25) is 0 Å². The second kappa shape index (κ2) is 10.1. The lowest BCUT2D eigenvalue weighted by Gasteiger charge is -2.32. The molecule has 2 fully saturated rings. The van der Waals surface area contributed by atoms with Gasteiger partial charge < -0.3 is 24.6 Å². The van der Waals surface area contributed by atoms with E-state index < -0.39 is 11.2 Å². The molecule has 2 aromatic heterocycles. The van der Waals surface area contributed by atoms with Crippen LogP contribution < -0.4 is 20.0 Å². The summed E-state index contributed by atoms with van der Waals surface area (Å²) in [4.78, 5) is 26.0. The SMILES string of the molecule is CCN(Cc1ccccc1)c1ncnc2c(N3CC[S+]([O-])CC3)nc(N3CCNCC3)nc12. The van der Waals surface area contributed by atoms with Crippen LogP contribution in [0.4, 0.5) is 17.6 Å². The van der Waals surface area contributed by atoms with Crippen molar-refractivity contribution in [2.75, 3.05) is 72.0 Å². The van der Waals surface area contributed by atoms with Gasteiger partial charge in [0, 0.05) is 39.3 Å². The molecule has 4 heterocycles. The van der Waals surface area contributed by atoms with E-state index in [9.17, 15) is 4.55 Å². The number of aromatic nitrogens is 4. The third kappa shape index (κ3) is 4.83. The number of hydrogen-bond acceptors (Lipinski definition) is 9. The minimum absolute atomic E-state index is 0.654. The Morgan fingerprint density at radius 3 is 2.45 bits per heavy atom. The summed E-state index contributed by atoms with van der Waals surface area (Å²) < 4.78 is 12.0. The molecule has 5 rings (SSSR count). The number of hydrogen-bond donors (Lipinski definition) is 1. The molecule has 9 nitrogen and oxygen atoms in total. The zero-order valence-corrected chi connectivity index (χ0v) is 19.8. The molecule has 0 spiro atoms. The minimum atomic E-state index is -0.759. The molecule has 2 saturated heterocycles. The van der Waals surface area contributed by atoms with Gasteiger partial charge in [-0.1, -0.05) is 41.5 Å². The van der Waals surface area contributed by atoms with Crippen LogP contribution in [0.15, 0.2) is 36.7 Å². The molecule has 0 radical (unpaired) electrons. The first-order valence-corrected chi connectivity index (χ1v) is 13.1. The average Bonchev–Trinajstić information content (AvgIpc) is 2.88. The quantitative estimate of drug-likeness (QED) is 0.541. The third-order valence-corrected chi connectivity index (χ3v) is 7.48. The Balaban J connectivity index is 1.60. The molecule has 2 aliphatic rings. The van der Waals surface area contributed by atoms with Crippen LogP contribution in [0.5, 0.6) is 0 Å². The highest BCUT2D eigenvalue weighted by molar-refractivity contribution is 7.91. The minimum Gasteiger partial charge on any atom is -0.616 e. The van der Waals surface area contributed by atoms with E-state index in [0.717, 1.165) is 67.9 Å². The largest absolute Gasteiger partial charge is 0.616 e. The first-order valence-electron chi connectivity index (χ1n) is 11.6. The van der Waals surface area contributed by atoms with Crippen molar-refractivity contribution >= 4 is 39.8 Å². The normalized spacial score (nSPS) is 17.5. The fraction of sp³-hybridized carbons (Fsp3) is 0.478. The van der Waals surface area contributed by atoms with Gasteiger partial charge >= 0.3 is 0 Å². The van der Waals surface area contributed by atoms with Crippen LogP contribution in [0.25, 0.3) is 11.0 Å². The fourth-order valence-electron chi connectivity index (χ4n) is 4.36. The van der Waals surface area contributed by atoms with E-state index in [0.29, 0.717) is 24.6 Å². The monoisotopic (exact) mass is 466 g/mol. The topological polar surface area (TPSA) is 96.4 Å². The molecule has 1 N–H and O–H groups in total. The summed E-state index contributed by atoms with van der Waals surface area (Å²) >= 11 is -0.759. The Bertz CT molecular complexity index is 1070. The molecule has 0 unspecified atom stereocenters. The lowest BCUT2D eigenvalue weighted by Crippen LogP contribution is -2.45. The predicted molar refractivity (Wildman–Crippen MR) is 133 cm³/mol. The molecule has 10 heteroatoms. The predicted octanol–water partition coefficient (Wildman–Crippen LogP) is 1.42. The molecule has 3 aromatic rings. The molecular formula is C23H30N8OS. The number of nitrogens with one attached hydrogen (secondary N) is 1. The van der Waals surface area contributed by atoms with Crippen LogP contribution in [-0.2, 0) is 17.7 Å². The van der Waals surface area contributed by atoms with Crippen molar-refractivity contribution in [3.8, 4) is 0 Å². The first-order chi connectivity index (χ1) is 16.2. The molecular weight excluding hydrogens is 436 g/mol. The van der Waals surface area contributed by atoms with E-state index in [4.69, 9.17) is 9.97 Å². The highest BCUT2D eigenvalue weighted by Gasteiger charge is 2.27. The zero-order valence-electron chi connectivity index (χ0n) is 19.0. The van der Waals surface area contributed by atoms with Crippen LogP contribution in [0.2, 0.25) is 0 Å². The molecule has 0 amide bonds. The molecule has 0 bridgehead atoms. The Morgan fingerprint density at radius 1 is 0.970 bits per heavy atom. The van der Waals surface area contributed by atoms with E-state index in [1.54, 1.807) is 6.33 Å². The summed E-state index contributed by atoms with van der Waals surface area (Å²) in [6, 6.07) is 10.4. The highest BCUT2D eigenvalue weighted by Crippen LogP contribution is 2.31. The van der Waals surface area contributed by atoms with E-state index in [1.807, 2.05) is 6.07 Å². The van der Waals surface area contributed by atoms with Gasteiger partial charge in [0.2, 0.25) is 5.95 Å². The number of fused-ring (bicyclic) bond motifs is 1. The molecule has 0 atom stereocenters. The standard InChI is InChI=1S/C23H30N8OS/c1-2-29(16-18-6-4-3-5-7-18)21-20-19(25-17-26-21)22(30-12-14-33(32)15-13-30)28-23(27-20)31-10-8-24-9-11-31/h3-7,17,24H,2,8-16H2,1H3. The van der Waals surface area contributed by atoms with Gasteiger partial charge in [0.1, 0.15) is 28.9 Å². The van der Waals surface area contributed by atoms with Crippen LogP contribution in [0.1, 0.15) is 12.5 Å². The van der Waals surface area contributed by atoms with Gasteiger partial charge in [0.15, 0.2) is 11.6 Å². The summed E-state index contributed by atoms with van der Waals surface area (Å²) in [7, 11) is 0. The number of rotatable bonds is 6. The highest BCUT2D eigenvalue weighted by atomic mass is 32.2. The maximum Gasteiger partial charge on any atom is 0.228 e. The van der Waals surface area contributed by atoms with Crippen molar-refractivity contribution < 1.29 is 4.55 Å². The van der Waals surface area contributed by atoms with Crippen molar-refractivity contribution in [1.29, 1.82) is 0 Å². The van der Waals surface area contributed by atoms with Crippen molar-refractivity contribution in [2.24, 2.45) is 0 Å². The van der Waals surface area contributed by atoms with Gasteiger partial charge in [0.25, 0.3) is 0 Å². The van der Waals surface area contributed by atoms with Crippen LogP contribution in [-0.4, -0.2) is 81.8 Å². The van der Waals surface area contributed by atoms with Crippen molar-refractivity contribution in [1.82, 2.24) is 25.3 Å². The Kier molecular flexibility index (Phi) is 6.75. The Hall–Kier alpha value is -2.69. The fourth-order valence-corrected chi connectivity index (χ4v) is 5.41. The number of benzene rings is 1.